The van der Waals surface area contributed by atoms with E-state index in [1.54, 1.807) is 4.90 Å². The zero-order valence-corrected chi connectivity index (χ0v) is 16.3. The lowest BCUT2D eigenvalue weighted by atomic mass is 10.1. The average Bonchev–Trinajstić information content (AvgIpc) is 2.60. The molecule has 6 nitrogen and oxygen atoms in total. The van der Waals surface area contributed by atoms with Crippen molar-refractivity contribution in [2.45, 2.75) is 46.6 Å². The highest BCUT2D eigenvalue weighted by atomic mass is 16.5. The van der Waals surface area contributed by atoms with Crippen LogP contribution >= 0.6 is 0 Å². The molecule has 0 aromatic carbocycles. The molecule has 2 atom stereocenters. The molecule has 1 amide bonds. The van der Waals surface area contributed by atoms with E-state index >= 15 is 0 Å². The first-order chi connectivity index (χ1) is 11.5. The monoisotopic (exact) mass is 348 g/mol. The summed E-state index contributed by atoms with van der Waals surface area (Å²) in [7, 11) is 1.82. The minimum atomic E-state index is 0. The Hall–Kier alpha value is -0.690. The van der Waals surface area contributed by atoms with E-state index in [0.717, 1.165) is 19.4 Å². The Kier molecular flexibility index (Phi) is 15.4. The van der Waals surface area contributed by atoms with E-state index < -0.39 is 0 Å². The summed E-state index contributed by atoms with van der Waals surface area (Å²) < 4.78 is 16.4. The first-order valence-corrected chi connectivity index (χ1v) is 9.24. The maximum atomic E-state index is 11.9. The third kappa shape index (κ3) is 12.7. The van der Waals surface area contributed by atoms with E-state index in [1.165, 1.54) is 0 Å². The highest BCUT2D eigenvalue weighted by Crippen LogP contribution is 2.04. The number of amides is 1. The number of carbonyl (C=O) groups is 1. The predicted octanol–water partition coefficient (Wildman–Crippen LogP) is 2.17. The lowest BCUT2D eigenvalue weighted by Gasteiger charge is -2.20. The van der Waals surface area contributed by atoms with Crippen LogP contribution in [0.2, 0.25) is 0 Å². The van der Waals surface area contributed by atoms with Crippen molar-refractivity contribution in [1.82, 2.24) is 10.2 Å². The SMILES string of the molecule is CCC(C)NCCOCCOCCOCCN(C)C(=O)C(C)CC.[HH]. The number of carbonyl (C=O) groups excluding carboxylic acids is 1. The molecular weight excluding hydrogens is 308 g/mol. The zero-order valence-electron chi connectivity index (χ0n) is 16.3. The van der Waals surface area contributed by atoms with E-state index in [-0.39, 0.29) is 13.3 Å². The van der Waals surface area contributed by atoms with Gasteiger partial charge in [0, 0.05) is 33.5 Å². The highest BCUT2D eigenvalue weighted by molar-refractivity contribution is 5.78. The Balaban J connectivity index is 0. The van der Waals surface area contributed by atoms with Crippen LogP contribution in [0.25, 0.3) is 0 Å². The number of hydrogen-bond acceptors (Lipinski definition) is 5. The number of hydrogen-bond donors (Lipinski definition) is 1. The van der Waals surface area contributed by atoms with E-state index in [0.29, 0.717) is 52.2 Å². The molecule has 6 heteroatoms. The average molecular weight is 349 g/mol. The highest BCUT2D eigenvalue weighted by Gasteiger charge is 2.14. The number of rotatable bonds is 16. The summed E-state index contributed by atoms with van der Waals surface area (Å²) in [6.07, 6.45) is 2.00. The smallest absolute Gasteiger partial charge is 0.225 e. The second-order valence-corrected chi connectivity index (χ2v) is 6.17. The molecule has 0 aliphatic rings. The van der Waals surface area contributed by atoms with Crippen LogP contribution in [0, 0.1) is 5.92 Å². The number of likely N-dealkylation sites (N-methyl/N-ethyl adjacent to an activating group) is 1. The van der Waals surface area contributed by atoms with Crippen molar-refractivity contribution in [2.24, 2.45) is 5.92 Å². The van der Waals surface area contributed by atoms with Gasteiger partial charge in [-0.25, -0.2) is 0 Å². The fourth-order valence-electron chi connectivity index (χ4n) is 1.93. The summed E-state index contributed by atoms with van der Waals surface area (Å²) in [6, 6.07) is 0.543. The van der Waals surface area contributed by atoms with Gasteiger partial charge < -0.3 is 24.4 Å². The molecule has 146 valence electrons. The van der Waals surface area contributed by atoms with Crippen molar-refractivity contribution >= 4 is 5.91 Å². The quantitative estimate of drug-likeness (QED) is 0.433. The van der Waals surface area contributed by atoms with Gasteiger partial charge in [-0.15, -0.1) is 0 Å². The molecular formula is C18H40N2O4. The van der Waals surface area contributed by atoms with Crippen molar-refractivity contribution < 1.29 is 20.4 Å². The van der Waals surface area contributed by atoms with Gasteiger partial charge in [-0.1, -0.05) is 20.8 Å². The van der Waals surface area contributed by atoms with Crippen molar-refractivity contribution in [3.05, 3.63) is 0 Å². The minimum Gasteiger partial charge on any atom is -0.378 e. The lowest BCUT2D eigenvalue weighted by Crippen LogP contribution is -2.34. The molecule has 0 fully saturated rings. The van der Waals surface area contributed by atoms with Gasteiger partial charge in [0.05, 0.1) is 39.6 Å². The molecule has 0 aliphatic heterocycles. The summed E-state index contributed by atoms with van der Waals surface area (Å²) in [5, 5.41) is 3.37. The second-order valence-electron chi connectivity index (χ2n) is 6.17. The maximum absolute atomic E-state index is 11.9. The van der Waals surface area contributed by atoms with Gasteiger partial charge in [-0.05, 0) is 19.8 Å². The van der Waals surface area contributed by atoms with Gasteiger partial charge in [-0.3, -0.25) is 4.79 Å². The number of ether oxygens (including phenoxy) is 3. The van der Waals surface area contributed by atoms with Crippen LogP contribution in [0.3, 0.4) is 0 Å². The van der Waals surface area contributed by atoms with Crippen molar-refractivity contribution in [2.75, 3.05) is 59.8 Å². The second kappa shape index (κ2) is 15.8. The Labute approximate surface area is 149 Å². The summed E-state index contributed by atoms with van der Waals surface area (Å²) >= 11 is 0. The van der Waals surface area contributed by atoms with Gasteiger partial charge in [0.25, 0.3) is 0 Å². The summed E-state index contributed by atoms with van der Waals surface area (Å²) in [5.74, 6) is 0.260. The van der Waals surface area contributed by atoms with Gasteiger partial charge in [-0.2, -0.15) is 0 Å². The van der Waals surface area contributed by atoms with Gasteiger partial charge >= 0.3 is 0 Å². The molecule has 2 unspecified atom stereocenters. The summed E-state index contributed by atoms with van der Waals surface area (Å²) in [6.45, 7) is 13.3. The molecule has 0 aromatic rings. The van der Waals surface area contributed by atoms with Crippen LogP contribution in [0.1, 0.15) is 42.0 Å². The largest absolute Gasteiger partial charge is 0.378 e. The standard InChI is InChI=1S/C18H38N2O4.H2/c1-6-16(3)18(21)20(5)9-11-23-13-15-24-14-12-22-10-8-19-17(4)7-2;/h16-17,19H,6-15H2,1-5H3;1H. The molecule has 24 heavy (non-hydrogen) atoms. The molecule has 0 aliphatic carbocycles. The molecule has 0 rings (SSSR count). The van der Waals surface area contributed by atoms with E-state index in [2.05, 4.69) is 19.2 Å². The summed E-state index contributed by atoms with van der Waals surface area (Å²) in [4.78, 5) is 13.6. The predicted molar refractivity (Wildman–Crippen MR) is 99.4 cm³/mol. The normalized spacial score (nSPS) is 13.7. The number of nitrogens with zero attached hydrogens (tertiary/aromatic N) is 1. The fraction of sp³-hybridized carbons (Fsp3) is 0.944. The molecule has 0 spiro atoms. The minimum absolute atomic E-state index is 0. The molecule has 0 radical (unpaired) electrons. The van der Waals surface area contributed by atoms with Crippen LogP contribution < -0.4 is 5.32 Å². The molecule has 1 N–H and O–H groups in total. The van der Waals surface area contributed by atoms with E-state index in [1.807, 2.05) is 20.9 Å². The Morgan fingerprint density at radius 1 is 0.958 bits per heavy atom. The fourth-order valence-corrected chi connectivity index (χ4v) is 1.93. The molecule has 0 saturated carbocycles. The molecule has 0 bridgehead atoms. The van der Waals surface area contributed by atoms with Crippen molar-refractivity contribution in [1.29, 1.82) is 0 Å². The van der Waals surface area contributed by atoms with Crippen LogP contribution in [-0.2, 0) is 19.0 Å². The Morgan fingerprint density at radius 2 is 1.50 bits per heavy atom. The van der Waals surface area contributed by atoms with E-state index in [9.17, 15) is 4.79 Å². The molecule has 0 heterocycles. The van der Waals surface area contributed by atoms with Crippen LogP contribution in [0.15, 0.2) is 0 Å². The Morgan fingerprint density at radius 3 is 2.04 bits per heavy atom. The van der Waals surface area contributed by atoms with Crippen molar-refractivity contribution in [3.8, 4) is 0 Å². The third-order valence-corrected chi connectivity index (χ3v) is 4.08. The maximum Gasteiger partial charge on any atom is 0.225 e. The van der Waals surface area contributed by atoms with Crippen LogP contribution in [0.5, 0.6) is 0 Å². The first-order valence-electron chi connectivity index (χ1n) is 9.24. The van der Waals surface area contributed by atoms with Crippen LogP contribution in [0.4, 0.5) is 0 Å². The number of nitrogens with one attached hydrogen (secondary N) is 1. The molecule has 0 saturated heterocycles. The van der Waals surface area contributed by atoms with Crippen molar-refractivity contribution in [3.63, 3.8) is 0 Å². The van der Waals surface area contributed by atoms with E-state index in [4.69, 9.17) is 14.2 Å². The van der Waals surface area contributed by atoms with Gasteiger partial charge in [0.2, 0.25) is 5.91 Å². The first kappa shape index (κ1) is 23.3. The Bertz CT molecular complexity index is 309. The van der Waals surface area contributed by atoms with Gasteiger partial charge in [0.15, 0.2) is 0 Å². The topological polar surface area (TPSA) is 60.0 Å². The third-order valence-electron chi connectivity index (χ3n) is 4.08. The molecule has 0 aromatic heterocycles. The van der Waals surface area contributed by atoms with Crippen LogP contribution in [-0.4, -0.2) is 76.6 Å². The zero-order chi connectivity index (χ0) is 18.2. The summed E-state index contributed by atoms with van der Waals surface area (Å²) in [5.41, 5.74) is 0. The lowest BCUT2D eigenvalue weighted by molar-refractivity contribution is -0.134. The van der Waals surface area contributed by atoms with Gasteiger partial charge in [0.1, 0.15) is 0 Å².